The number of aryl methyl sites for hydroxylation is 1. The number of amides is 1. The Morgan fingerprint density at radius 3 is 2.84 bits per heavy atom. The molecule has 4 aromatic rings. The second-order valence-electron chi connectivity index (χ2n) is 7.00. The zero-order chi connectivity index (χ0) is 22.7. The van der Waals surface area contributed by atoms with E-state index < -0.39 is 5.91 Å². The lowest BCUT2D eigenvalue weighted by molar-refractivity contribution is -0.111. The molecule has 0 bridgehead atoms. The monoisotopic (exact) mass is 422 g/mol. The maximum absolute atomic E-state index is 13.0. The highest BCUT2D eigenvalue weighted by atomic mass is 16.1. The van der Waals surface area contributed by atoms with Crippen LogP contribution in [0.15, 0.2) is 76.8 Å². The van der Waals surface area contributed by atoms with Crippen molar-refractivity contribution in [1.29, 1.82) is 5.26 Å². The molecule has 3 N–H and O–H groups in total. The summed E-state index contributed by atoms with van der Waals surface area (Å²) in [5, 5.41) is 12.9. The topological polar surface area (TPSA) is 126 Å². The summed E-state index contributed by atoms with van der Waals surface area (Å²) >= 11 is 0. The van der Waals surface area contributed by atoms with Crippen molar-refractivity contribution in [3.63, 3.8) is 0 Å². The average molecular weight is 422 g/mol. The molecule has 1 amide bonds. The first kappa shape index (κ1) is 20.5. The molecule has 8 heteroatoms. The Morgan fingerprint density at radius 1 is 1.22 bits per heavy atom. The molecule has 0 saturated heterocycles. The van der Waals surface area contributed by atoms with E-state index in [0.717, 1.165) is 16.3 Å². The molecule has 0 fully saturated rings. The molecular weight excluding hydrogens is 404 g/mol. The summed E-state index contributed by atoms with van der Waals surface area (Å²) in [7, 11) is 0. The molecule has 2 aromatic heterocycles. The fourth-order valence-electron chi connectivity index (χ4n) is 3.45. The van der Waals surface area contributed by atoms with Gasteiger partial charge < -0.3 is 11.1 Å². The Kier molecular flexibility index (Phi) is 5.47. The van der Waals surface area contributed by atoms with Crippen LogP contribution in [0, 0.1) is 18.3 Å². The van der Waals surface area contributed by atoms with Crippen molar-refractivity contribution in [2.45, 2.75) is 6.92 Å². The van der Waals surface area contributed by atoms with Gasteiger partial charge in [-0.15, -0.1) is 0 Å². The third-order valence-corrected chi connectivity index (χ3v) is 4.95. The Balaban J connectivity index is 2.01. The first-order valence-electron chi connectivity index (χ1n) is 9.69. The fourth-order valence-corrected chi connectivity index (χ4v) is 3.45. The minimum absolute atomic E-state index is 0.244. The van der Waals surface area contributed by atoms with Gasteiger partial charge in [0.2, 0.25) is 0 Å². The predicted octanol–water partition coefficient (Wildman–Crippen LogP) is 3.48. The zero-order valence-corrected chi connectivity index (χ0v) is 17.1. The predicted molar refractivity (Wildman–Crippen MR) is 125 cm³/mol. The van der Waals surface area contributed by atoms with E-state index in [1.807, 2.05) is 25.1 Å². The van der Waals surface area contributed by atoms with E-state index >= 15 is 0 Å². The zero-order valence-electron chi connectivity index (χ0n) is 17.1. The summed E-state index contributed by atoms with van der Waals surface area (Å²) in [5.74, 6) is -0.779. The average Bonchev–Trinajstić information content (AvgIpc) is 2.80. The molecule has 0 atom stereocenters. The van der Waals surface area contributed by atoms with E-state index in [-0.39, 0.29) is 5.56 Å². The van der Waals surface area contributed by atoms with Crippen LogP contribution < -0.4 is 16.6 Å². The lowest BCUT2D eigenvalue weighted by atomic mass is 10.1. The summed E-state index contributed by atoms with van der Waals surface area (Å²) in [5.41, 5.74) is 8.93. The van der Waals surface area contributed by atoms with Crippen molar-refractivity contribution in [2.24, 2.45) is 10.7 Å². The van der Waals surface area contributed by atoms with E-state index in [4.69, 9.17) is 11.0 Å². The molecule has 32 heavy (non-hydrogen) atoms. The van der Waals surface area contributed by atoms with Gasteiger partial charge in [0.05, 0.1) is 22.4 Å². The summed E-state index contributed by atoms with van der Waals surface area (Å²) < 4.78 is 1.56. The van der Waals surface area contributed by atoms with Gasteiger partial charge in [-0.1, -0.05) is 6.07 Å². The van der Waals surface area contributed by atoms with Crippen LogP contribution in [0.5, 0.6) is 0 Å². The number of nitriles is 1. The fraction of sp³-hybridized carbons (Fsp3) is 0.0417. The highest BCUT2D eigenvalue weighted by Gasteiger charge is 2.13. The number of benzene rings is 2. The minimum atomic E-state index is -0.779. The van der Waals surface area contributed by atoms with Gasteiger partial charge in [-0.05, 0) is 61.2 Å². The number of hydrogen-bond donors (Lipinski definition) is 2. The molecule has 0 aliphatic carbocycles. The van der Waals surface area contributed by atoms with Gasteiger partial charge in [0, 0.05) is 34.9 Å². The van der Waals surface area contributed by atoms with Crippen molar-refractivity contribution >= 4 is 45.3 Å². The Labute approximate surface area is 183 Å². The number of carbonyl (C=O) groups is 1. The molecule has 0 aliphatic heterocycles. The van der Waals surface area contributed by atoms with Crippen molar-refractivity contribution in [2.75, 3.05) is 5.32 Å². The van der Waals surface area contributed by atoms with Crippen LogP contribution in [0.3, 0.4) is 0 Å². The van der Waals surface area contributed by atoms with Crippen LogP contribution in [0.1, 0.15) is 5.56 Å². The number of aromatic nitrogens is 2. The highest BCUT2D eigenvalue weighted by molar-refractivity contribution is 6.05. The SMILES string of the molecule is Cc1ccc(-n2c(=O)ccc3cnc4ccc(N=CC=CN)cc4c32)cc1NC(=O)C#N. The van der Waals surface area contributed by atoms with E-state index in [1.54, 1.807) is 47.3 Å². The normalized spacial score (nSPS) is 11.4. The largest absolute Gasteiger partial charge is 0.405 e. The second kappa shape index (κ2) is 8.53. The van der Waals surface area contributed by atoms with Gasteiger partial charge in [0.1, 0.15) is 0 Å². The molecule has 156 valence electrons. The first-order valence-corrected chi connectivity index (χ1v) is 9.69. The van der Waals surface area contributed by atoms with Gasteiger partial charge in [0.15, 0.2) is 6.07 Å². The number of hydrogen-bond acceptors (Lipinski definition) is 6. The Bertz CT molecular complexity index is 1530. The number of nitrogens with one attached hydrogen (secondary N) is 1. The third kappa shape index (κ3) is 3.82. The van der Waals surface area contributed by atoms with Gasteiger partial charge in [0.25, 0.3) is 5.56 Å². The molecule has 0 unspecified atom stereocenters. The minimum Gasteiger partial charge on any atom is -0.405 e. The van der Waals surface area contributed by atoms with Crippen LogP contribution in [0.4, 0.5) is 11.4 Å². The Morgan fingerprint density at radius 2 is 2.06 bits per heavy atom. The van der Waals surface area contributed by atoms with Crippen molar-refractivity contribution < 1.29 is 4.79 Å². The van der Waals surface area contributed by atoms with Crippen molar-refractivity contribution in [1.82, 2.24) is 9.55 Å². The first-order chi connectivity index (χ1) is 15.5. The van der Waals surface area contributed by atoms with Crippen molar-refractivity contribution in [3.05, 3.63) is 82.9 Å². The molecule has 2 aromatic carbocycles. The Hall–Kier alpha value is -4.77. The molecule has 2 heterocycles. The second-order valence-corrected chi connectivity index (χ2v) is 7.00. The number of anilines is 1. The quantitative estimate of drug-likeness (QED) is 0.296. The number of nitrogens with two attached hydrogens (primary N) is 1. The van der Waals surface area contributed by atoms with Crippen LogP contribution in [-0.4, -0.2) is 21.7 Å². The van der Waals surface area contributed by atoms with E-state index in [0.29, 0.717) is 28.1 Å². The third-order valence-electron chi connectivity index (χ3n) is 4.95. The van der Waals surface area contributed by atoms with E-state index in [9.17, 15) is 9.59 Å². The van der Waals surface area contributed by atoms with E-state index in [1.165, 1.54) is 18.3 Å². The van der Waals surface area contributed by atoms with Crippen LogP contribution in [-0.2, 0) is 4.79 Å². The van der Waals surface area contributed by atoms with Gasteiger partial charge in [-0.25, -0.2) is 0 Å². The molecular formula is C24H18N6O2. The lowest BCUT2D eigenvalue weighted by Gasteiger charge is -2.15. The van der Waals surface area contributed by atoms with Crippen LogP contribution >= 0.6 is 0 Å². The summed E-state index contributed by atoms with van der Waals surface area (Å²) in [4.78, 5) is 33.5. The highest BCUT2D eigenvalue weighted by Crippen LogP contribution is 2.29. The molecule has 0 aliphatic rings. The standard InChI is InChI=1S/C24H18N6O2/c1-15-3-6-18(12-21(15)29-22(31)13-26)30-23(32)8-4-16-14-28-20-7-5-17(27-10-2-9-25)11-19(20)24(16)30/h2-12,14H,25H2,1H3,(H,29,31). The molecule has 0 saturated carbocycles. The summed E-state index contributed by atoms with van der Waals surface area (Å²) in [6.07, 6.45) is 6.29. The molecule has 4 rings (SSSR count). The summed E-state index contributed by atoms with van der Waals surface area (Å²) in [6, 6.07) is 15.5. The number of pyridine rings is 2. The maximum Gasteiger partial charge on any atom is 0.326 e. The number of carbonyl (C=O) groups excluding carboxylic acids is 1. The van der Waals surface area contributed by atoms with Gasteiger partial charge in [-0.3, -0.25) is 24.1 Å². The van der Waals surface area contributed by atoms with Crippen LogP contribution in [0.2, 0.25) is 0 Å². The number of aliphatic imine (C=N–C) groups is 1. The van der Waals surface area contributed by atoms with E-state index in [2.05, 4.69) is 15.3 Å². The van der Waals surface area contributed by atoms with Gasteiger partial charge in [-0.2, -0.15) is 5.26 Å². The molecule has 8 nitrogen and oxygen atoms in total. The smallest absolute Gasteiger partial charge is 0.326 e. The van der Waals surface area contributed by atoms with Crippen molar-refractivity contribution in [3.8, 4) is 11.8 Å². The summed E-state index contributed by atoms with van der Waals surface area (Å²) in [6.45, 7) is 1.81. The molecule has 0 spiro atoms. The lowest BCUT2D eigenvalue weighted by Crippen LogP contribution is -2.18. The number of fused-ring (bicyclic) bond motifs is 3. The van der Waals surface area contributed by atoms with Gasteiger partial charge >= 0.3 is 5.91 Å². The van der Waals surface area contributed by atoms with Crippen LogP contribution in [0.25, 0.3) is 27.5 Å². The maximum atomic E-state index is 13.0. The number of rotatable bonds is 4. The molecule has 0 radical (unpaired) electrons. The number of allylic oxidation sites excluding steroid dienone is 1. The number of nitrogens with zero attached hydrogens (tertiary/aromatic N) is 4.